The van der Waals surface area contributed by atoms with Crippen LogP contribution in [0.2, 0.25) is 5.15 Å². The van der Waals surface area contributed by atoms with Crippen molar-refractivity contribution in [2.24, 2.45) is 0 Å². The van der Waals surface area contributed by atoms with Crippen molar-refractivity contribution < 1.29 is 13.9 Å². The molecule has 0 unspecified atom stereocenters. The summed E-state index contributed by atoms with van der Waals surface area (Å²) in [6.45, 7) is 5.28. The third-order valence-electron chi connectivity index (χ3n) is 3.20. The lowest BCUT2D eigenvalue weighted by molar-refractivity contribution is 0.0597. The van der Waals surface area contributed by atoms with Crippen LogP contribution in [0.4, 0.5) is 20.7 Å². The molecule has 0 aliphatic rings. The van der Waals surface area contributed by atoms with Crippen LogP contribution in [0.5, 0.6) is 0 Å². The van der Waals surface area contributed by atoms with E-state index in [0.717, 1.165) is 0 Å². The zero-order valence-electron chi connectivity index (χ0n) is 13.9. The minimum absolute atomic E-state index is 0.193. The molecule has 3 rings (SSSR count). The van der Waals surface area contributed by atoms with Gasteiger partial charge in [0, 0.05) is 12.1 Å². The number of rotatable bonds is 2. The number of aromatic nitrogens is 3. The van der Waals surface area contributed by atoms with Crippen LogP contribution in [0, 0.1) is 5.82 Å². The number of carbonyl (C=O) groups excluding carboxylic acids is 1. The second-order valence-electron chi connectivity index (χ2n) is 6.33. The Kier molecular flexibility index (Phi) is 4.34. The number of ether oxygens (including phenoxy) is 1. The van der Waals surface area contributed by atoms with Gasteiger partial charge >= 0.3 is 6.09 Å². The maximum atomic E-state index is 13.3. The van der Waals surface area contributed by atoms with Crippen LogP contribution in [0.3, 0.4) is 0 Å². The van der Waals surface area contributed by atoms with Gasteiger partial charge in [0.1, 0.15) is 22.4 Å². The predicted octanol–water partition coefficient (Wildman–Crippen LogP) is 4.60. The van der Waals surface area contributed by atoms with E-state index in [9.17, 15) is 9.18 Å². The molecule has 0 bridgehead atoms. The van der Waals surface area contributed by atoms with Crippen LogP contribution in [-0.4, -0.2) is 26.3 Å². The van der Waals surface area contributed by atoms with Gasteiger partial charge in [-0.1, -0.05) is 11.6 Å². The first-order chi connectivity index (χ1) is 11.7. The van der Waals surface area contributed by atoms with E-state index in [2.05, 4.69) is 10.1 Å². The number of nitrogens with zero attached hydrogens (tertiary/aromatic N) is 4. The SMILES string of the molecule is CC(C)(C)OC(=O)N(c1ccc(F)cc1)c1cc(Cl)nc2ccnn12. The number of hydrogen-bond donors (Lipinski definition) is 0. The van der Waals surface area contributed by atoms with E-state index in [-0.39, 0.29) is 5.15 Å². The monoisotopic (exact) mass is 362 g/mol. The molecule has 0 fully saturated rings. The molecule has 6 nitrogen and oxygen atoms in total. The van der Waals surface area contributed by atoms with E-state index in [0.29, 0.717) is 17.2 Å². The summed E-state index contributed by atoms with van der Waals surface area (Å²) < 4.78 is 20.3. The summed E-state index contributed by atoms with van der Waals surface area (Å²) >= 11 is 6.08. The third-order valence-corrected chi connectivity index (χ3v) is 3.39. The number of fused-ring (bicyclic) bond motifs is 1. The molecule has 3 aromatic rings. The summed E-state index contributed by atoms with van der Waals surface area (Å²) in [4.78, 5) is 18.3. The second kappa shape index (κ2) is 6.33. The maximum Gasteiger partial charge on any atom is 0.420 e. The van der Waals surface area contributed by atoms with Gasteiger partial charge in [0.2, 0.25) is 0 Å². The maximum absolute atomic E-state index is 13.3. The molecule has 8 heteroatoms. The van der Waals surface area contributed by atoms with E-state index in [1.165, 1.54) is 39.7 Å². The summed E-state index contributed by atoms with van der Waals surface area (Å²) in [6, 6.07) is 8.62. The van der Waals surface area contributed by atoms with E-state index in [1.54, 1.807) is 33.0 Å². The number of amides is 1. The zero-order valence-corrected chi connectivity index (χ0v) is 14.7. The largest absolute Gasteiger partial charge is 0.443 e. The lowest BCUT2D eigenvalue weighted by Gasteiger charge is -2.27. The van der Waals surface area contributed by atoms with Gasteiger partial charge in [-0.2, -0.15) is 9.61 Å². The number of hydrogen-bond acceptors (Lipinski definition) is 4. The molecule has 0 spiro atoms. The molecular weight excluding hydrogens is 347 g/mol. The van der Waals surface area contributed by atoms with Crippen molar-refractivity contribution in [1.29, 1.82) is 0 Å². The van der Waals surface area contributed by atoms with Crippen molar-refractivity contribution >= 4 is 34.8 Å². The quantitative estimate of drug-likeness (QED) is 0.625. The van der Waals surface area contributed by atoms with Gasteiger partial charge in [-0.25, -0.2) is 19.1 Å². The topological polar surface area (TPSA) is 59.7 Å². The highest BCUT2D eigenvalue weighted by molar-refractivity contribution is 6.29. The number of carbonyl (C=O) groups is 1. The molecule has 0 aliphatic heterocycles. The van der Waals surface area contributed by atoms with Gasteiger partial charge in [0.15, 0.2) is 5.65 Å². The predicted molar refractivity (Wildman–Crippen MR) is 92.8 cm³/mol. The van der Waals surface area contributed by atoms with Gasteiger partial charge in [0.05, 0.1) is 11.9 Å². The van der Waals surface area contributed by atoms with Crippen LogP contribution in [0.1, 0.15) is 20.8 Å². The van der Waals surface area contributed by atoms with Crippen LogP contribution >= 0.6 is 11.6 Å². The van der Waals surface area contributed by atoms with Crippen molar-refractivity contribution in [2.75, 3.05) is 4.90 Å². The standard InChI is InChI=1S/C17H16ClFN4O2/c1-17(2,3)25-16(24)22(12-6-4-11(19)5-7-12)15-10-13(18)21-14-8-9-20-23(14)15/h4-10H,1-3H3. The lowest BCUT2D eigenvalue weighted by atomic mass is 10.2. The lowest BCUT2D eigenvalue weighted by Crippen LogP contribution is -2.35. The molecule has 0 saturated carbocycles. The van der Waals surface area contributed by atoms with Gasteiger partial charge in [-0.05, 0) is 45.0 Å². The highest BCUT2D eigenvalue weighted by Crippen LogP contribution is 2.29. The molecule has 0 radical (unpaired) electrons. The minimum atomic E-state index is -0.713. The second-order valence-corrected chi connectivity index (χ2v) is 6.72. The molecule has 0 atom stereocenters. The molecule has 130 valence electrons. The van der Waals surface area contributed by atoms with Crippen molar-refractivity contribution in [3.05, 3.63) is 53.6 Å². The zero-order chi connectivity index (χ0) is 18.2. The van der Waals surface area contributed by atoms with Gasteiger partial charge in [0.25, 0.3) is 0 Å². The fourth-order valence-electron chi connectivity index (χ4n) is 2.26. The Morgan fingerprint density at radius 3 is 2.56 bits per heavy atom. The average Bonchev–Trinajstić information content (AvgIpc) is 2.95. The van der Waals surface area contributed by atoms with Gasteiger partial charge in [-0.15, -0.1) is 0 Å². The first kappa shape index (κ1) is 17.2. The Morgan fingerprint density at radius 2 is 1.92 bits per heavy atom. The highest BCUT2D eigenvalue weighted by atomic mass is 35.5. The fraction of sp³-hybridized carbons (Fsp3) is 0.235. The highest BCUT2D eigenvalue weighted by Gasteiger charge is 2.27. The molecule has 2 aromatic heterocycles. The Balaban J connectivity index is 2.17. The third kappa shape index (κ3) is 3.71. The first-order valence-electron chi connectivity index (χ1n) is 7.53. The van der Waals surface area contributed by atoms with Crippen LogP contribution in [0.15, 0.2) is 42.6 Å². The van der Waals surface area contributed by atoms with Crippen molar-refractivity contribution in [1.82, 2.24) is 14.6 Å². The molecular formula is C17H16ClFN4O2. The van der Waals surface area contributed by atoms with Crippen molar-refractivity contribution in [3.63, 3.8) is 0 Å². The average molecular weight is 363 g/mol. The van der Waals surface area contributed by atoms with E-state index in [4.69, 9.17) is 16.3 Å². The van der Waals surface area contributed by atoms with Gasteiger partial charge in [-0.3, -0.25) is 0 Å². The molecule has 2 heterocycles. The molecule has 1 aromatic carbocycles. The van der Waals surface area contributed by atoms with Gasteiger partial charge < -0.3 is 4.74 Å². The number of halogens is 2. The Morgan fingerprint density at radius 1 is 1.24 bits per heavy atom. The summed E-state index contributed by atoms with van der Waals surface area (Å²) in [6.07, 6.45) is 0.901. The minimum Gasteiger partial charge on any atom is -0.443 e. The van der Waals surface area contributed by atoms with Crippen LogP contribution < -0.4 is 4.90 Å². The van der Waals surface area contributed by atoms with Crippen LogP contribution in [0.25, 0.3) is 5.65 Å². The number of benzene rings is 1. The van der Waals surface area contributed by atoms with Crippen molar-refractivity contribution in [3.8, 4) is 0 Å². The molecule has 0 saturated heterocycles. The summed E-state index contributed by atoms with van der Waals surface area (Å²) in [5.41, 5.74) is 0.169. The molecule has 0 N–H and O–H groups in total. The smallest absolute Gasteiger partial charge is 0.420 e. The van der Waals surface area contributed by atoms with Crippen LogP contribution in [-0.2, 0) is 4.74 Å². The van der Waals surface area contributed by atoms with E-state index >= 15 is 0 Å². The Labute approximate surface area is 148 Å². The summed E-state index contributed by atoms with van der Waals surface area (Å²) in [5, 5.41) is 4.37. The normalized spacial score (nSPS) is 11.6. The van der Waals surface area contributed by atoms with E-state index < -0.39 is 17.5 Å². The van der Waals surface area contributed by atoms with E-state index in [1.807, 2.05) is 0 Å². The Hall–Kier alpha value is -2.67. The first-order valence-corrected chi connectivity index (χ1v) is 7.91. The fourth-order valence-corrected chi connectivity index (χ4v) is 2.44. The summed E-state index contributed by atoms with van der Waals surface area (Å²) in [7, 11) is 0. The van der Waals surface area contributed by atoms with Crippen molar-refractivity contribution in [2.45, 2.75) is 26.4 Å². The molecule has 1 amide bonds. The molecule has 0 aliphatic carbocycles. The molecule has 25 heavy (non-hydrogen) atoms. The number of anilines is 2. The Bertz CT molecular complexity index is 919. The summed E-state index contributed by atoms with van der Waals surface area (Å²) in [5.74, 6) is -0.0780.